The molecule has 1 N–H and O–H groups in total. The number of piperidine rings is 1. The Morgan fingerprint density at radius 3 is 2.59 bits per heavy atom. The summed E-state index contributed by atoms with van der Waals surface area (Å²) in [5.41, 5.74) is 1.64. The Morgan fingerprint density at radius 1 is 1.31 bits per heavy atom. The van der Waals surface area contributed by atoms with Crippen LogP contribution < -0.4 is 4.74 Å². The van der Waals surface area contributed by atoms with Gasteiger partial charge in [-0.2, -0.15) is 18.3 Å². The molecule has 4 atom stereocenters. The lowest BCUT2D eigenvalue weighted by Gasteiger charge is -2.24. The summed E-state index contributed by atoms with van der Waals surface area (Å²) < 4.78 is 49.1. The molecule has 2 aromatic heterocycles. The molecule has 1 aliphatic carbocycles. The van der Waals surface area contributed by atoms with Crippen LogP contribution in [0.15, 0.2) is 30.6 Å². The third-order valence-electron chi connectivity index (χ3n) is 5.37. The average Bonchev–Trinajstić information content (AvgIpc) is 3.07. The topological polar surface area (TPSA) is 89.7 Å². The fourth-order valence-corrected chi connectivity index (χ4v) is 3.81. The average molecular weight is 412 g/mol. The summed E-state index contributed by atoms with van der Waals surface area (Å²) in [5.74, 6) is 0.929. The van der Waals surface area contributed by atoms with Crippen LogP contribution in [0.5, 0.6) is 5.88 Å². The van der Waals surface area contributed by atoms with E-state index in [0.29, 0.717) is 19.0 Å². The smallest absolute Gasteiger partial charge is 0.427 e. The number of methoxy groups -OCH3 is 1. The highest BCUT2D eigenvalue weighted by atomic mass is 19.4. The number of aliphatic hydroxyl groups excluding tert-OH is 1. The summed E-state index contributed by atoms with van der Waals surface area (Å²) in [6, 6.07) is 5.44. The van der Waals surface area contributed by atoms with Crippen LogP contribution in [0.3, 0.4) is 0 Å². The zero-order valence-electron chi connectivity index (χ0n) is 15.4. The second kappa shape index (κ2) is 7.21. The van der Waals surface area contributed by atoms with Gasteiger partial charge in [0.25, 0.3) is 0 Å². The first kappa shape index (κ1) is 19.5. The summed E-state index contributed by atoms with van der Waals surface area (Å²) in [7, 11) is 1.53. The number of alkyl halides is 3. The number of amides is 1. The monoisotopic (exact) mass is 412 g/mol. The lowest BCUT2D eigenvalue weighted by atomic mass is 10.2. The molecule has 1 aliphatic heterocycles. The van der Waals surface area contributed by atoms with E-state index in [4.69, 9.17) is 9.84 Å². The van der Waals surface area contributed by atoms with Gasteiger partial charge in [-0.15, -0.1) is 0 Å². The number of likely N-dealkylation sites (tertiary alicyclic amines) is 1. The normalized spacial score (nSPS) is 24.2. The molecular weight excluding hydrogens is 393 g/mol. The van der Waals surface area contributed by atoms with Crippen molar-refractivity contribution in [3.8, 4) is 11.6 Å². The largest absolute Gasteiger partial charge is 0.481 e. The van der Waals surface area contributed by atoms with Gasteiger partial charge in [0.1, 0.15) is 0 Å². The van der Waals surface area contributed by atoms with E-state index in [-0.39, 0.29) is 17.8 Å². The molecule has 1 amide bonds. The van der Waals surface area contributed by atoms with Crippen LogP contribution in [0.2, 0.25) is 0 Å². The molecule has 0 aromatic carbocycles. The molecule has 2 fully saturated rings. The predicted molar refractivity (Wildman–Crippen MR) is 92.6 cm³/mol. The molecule has 4 rings (SSSR count). The molecule has 8 nitrogen and oxygen atoms in total. The summed E-state index contributed by atoms with van der Waals surface area (Å²) in [6.07, 6.45) is -4.90. The molecule has 3 heterocycles. The van der Waals surface area contributed by atoms with Crippen molar-refractivity contribution in [2.75, 3.05) is 26.8 Å². The van der Waals surface area contributed by atoms with Crippen molar-refractivity contribution in [2.24, 2.45) is 11.8 Å². The SMILES string of the molecule is COc1ccc(-n2ccc([C@H]3[C@@H]4CN(C(=O)O[C@H](CO)C(F)(F)F)C[C@@H]43)n2)cn1. The second-order valence-corrected chi connectivity index (χ2v) is 7.10. The van der Waals surface area contributed by atoms with Gasteiger partial charge in [0.15, 0.2) is 0 Å². The number of rotatable bonds is 5. The molecule has 0 spiro atoms. The van der Waals surface area contributed by atoms with Crippen molar-refractivity contribution in [2.45, 2.75) is 18.2 Å². The Bertz CT molecular complexity index is 874. The lowest BCUT2D eigenvalue weighted by molar-refractivity contribution is -0.214. The Balaban J connectivity index is 1.35. The second-order valence-electron chi connectivity index (χ2n) is 7.10. The Kier molecular flexibility index (Phi) is 4.85. The minimum atomic E-state index is -4.79. The van der Waals surface area contributed by atoms with Crippen molar-refractivity contribution in [1.82, 2.24) is 19.7 Å². The molecule has 0 radical (unpaired) electrons. The van der Waals surface area contributed by atoms with E-state index in [1.165, 1.54) is 12.0 Å². The number of halogens is 3. The molecule has 29 heavy (non-hydrogen) atoms. The fourth-order valence-electron chi connectivity index (χ4n) is 3.81. The van der Waals surface area contributed by atoms with Crippen molar-refractivity contribution in [3.63, 3.8) is 0 Å². The van der Waals surface area contributed by atoms with Gasteiger partial charge in [0.2, 0.25) is 12.0 Å². The first-order chi connectivity index (χ1) is 13.8. The molecule has 156 valence electrons. The third-order valence-corrected chi connectivity index (χ3v) is 5.37. The highest BCUT2D eigenvalue weighted by molar-refractivity contribution is 5.69. The van der Waals surface area contributed by atoms with Gasteiger partial charge in [-0.05, 0) is 24.0 Å². The van der Waals surface area contributed by atoms with Gasteiger partial charge in [-0.25, -0.2) is 14.5 Å². The van der Waals surface area contributed by atoms with Crippen molar-refractivity contribution in [3.05, 3.63) is 36.3 Å². The Morgan fingerprint density at radius 2 is 2.03 bits per heavy atom. The molecule has 2 aromatic rings. The first-order valence-corrected chi connectivity index (χ1v) is 9.01. The van der Waals surface area contributed by atoms with E-state index in [9.17, 15) is 18.0 Å². The van der Waals surface area contributed by atoms with Crippen LogP contribution in [0.1, 0.15) is 11.6 Å². The van der Waals surface area contributed by atoms with E-state index < -0.39 is 25.0 Å². The van der Waals surface area contributed by atoms with Crippen LogP contribution in [0, 0.1) is 11.8 Å². The van der Waals surface area contributed by atoms with Crippen LogP contribution in [0.25, 0.3) is 5.69 Å². The van der Waals surface area contributed by atoms with Crippen molar-refractivity contribution >= 4 is 6.09 Å². The number of nitrogens with zero attached hydrogens (tertiary/aromatic N) is 4. The van der Waals surface area contributed by atoms with Crippen LogP contribution in [0.4, 0.5) is 18.0 Å². The number of ether oxygens (including phenoxy) is 2. The van der Waals surface area contributed by atoms with Gasteiger partial charge in [0, 0.05) is 31.3 Å². The van der Waals surface area contributed by atoms with Crippen molar-refractivity contribution in [1.29, 1.82) is 0 Å². The molecule has 0 unspecified atom stereocenters. The van der Waals surface area contributed by atoms with E-state index >= 15 is 0 Å². The first-order valence-electron chi connectivity index (χ1n) is 9.01. The van der Waals surface area contributed by atoms with Crippen molar-refractivity contribution < 1.29 is 32.5 Å². The highest BCUT2D eigenvalue weighted by Gasteiger charge is 2.59. The van der Waals surface area contributed by atoms with Crippen LogP contribution >= 0.6 is 0 Å². The number of aromatic nitrogens is 3. The fraction of sp³-hybridized carbons (Fsp3) is 0.500. The molecule has 11 heteroatoms. The minimum absolute atomic E-state index is 0.137. The lowest BCUT2D eigenvalue weighted by Crippen LogP contribution is -2.42. The summed E-state index contributed by atoms with van der Waals surface area (Å²) in [5, 5.41) is 13.4. The van der Waals surface area contributed by atoms with E-state index in [0.717, 1.165) is 11.4 Å². The van der Waals surface area contributed by atoms with Gasteiger partial charge in [0.05, 0.1) is 31.3 Å². The number of hydrogen-bond donors (Lipinski definition) is 1. The van der Waals surface area contributed by atoms with Gasteiger partial charge in [-0.3, -0.25) is 0 Å². The maximum atomic E-state index is 12.6. The zero-order chi connectivity index (χ0) is 20.8. The molecular formula is C18H19F3N4O4. The highest BCUT2D eigenvalue weighted by Crippen LogP contribution is 2.57. The molecule has 2 aliphatic rings. The Hall–Kier alpha value is -2.82. The van der Waals surface area contributed by atoms with Gasteiger partial charge in [-0.1, -0.05) is 0 Å². The van der Waals surface area contributed by atoms with Gasteiger partial charge < -0.3 is 19.5 Å². The van der Waals surface area contributed by atoms with Gasteiger partial charge >= 0.3 is 12.3 Å². The number of pyridine rings is 1. The number of carbonyl (C=O) groups is 1. The molecule has 1 saturated heterocycles. The molecule has 0 bridgehead atoms. The van der Waals surface area contributed by atoms with Crippen LogP contribution in [-0.2, 0) is 4.74 Å². The number of carbonyl (C=O) groups excluding carboxylic acids is 1. The summed E-state index contributed by atoms with van der Waals surface area (Å²) >= 11 is 0. The molecule has 1 saturated carbocycles. The minimum Gasteiger partial charge on any atom is -0.481 e. The van der Waals surface area contributed by atoms with E-state index in [1.807, 2.05) is 18.3 Å². The Labute approximate surface area is 163 Å². The number of aliphatic hydroxyl groups is 1. The quantitative estimate of drug-likeness (QED) is 0.808. The van der Waals surface area contributed by atoms with E-state index in [1.54, 1.807) is 16.9 Å². The predicted octanol–water partition coefficient (Wildman–Crippen LogP) is 1.98. The zero-order valence-corrected chi connectivity index (χ0v) is 15.4. The van der Waals surface area contributed by atoms with Crippen LogP contribution in [-0.4, -0.2) is 70.0 Å². The maximum absolute atomic E-state index is 12.6. The summed E-state index contributed by atoms with van der Waals surface area (Å²) in [4.78, 5) is 17.4. The third kappa shape index (κ3) is 3.74. The standard InChI is InChI=1S/C18H19F3N4O4/c1-28-15-3-2-10(6-22-15)25-5-4-13(23-25)16-11-7-24(8-12(11)16)17(27)29-14(9-26)18(19,20)21/h2-6,11-12,14,16,26H,7-9H2,1H3/t11-,12+,14-,16+/m1/s1. The number of fused-ring (bicyclic) bond motifs is 1. The van der Waals surface area contributed by atoms with E-state index in [2.05, 4.69) is 14.8 Å². The summed E-state index contributed by atoms with van der Waals surface area (Å²) in [6.45, 7) is -0.682. The number of hydrogen-bond acceptors (Lipinski definition) is 6. The maximum Gasteiger partial charge on any atom is 0.427 e.